The van der Waals surface area contributed by atoms with Crippen molar-refractivity contribution >= 4 is 0 Å². The molecule has 102 valence electrons. The number of benzene rings is 1. The van der Waals surface area contributed by atoms with E-state index in [4.69, 9.17) is 10.5 Å². The lowest BCUT2D eigenvalue weighted by atomic mass is 10.0. The summed E-state index contributed by atoms with van der Waals surface area (Å²) in [6.07, 6.45) is 0.864. The normalized spacial score (nSPS) is 12.9. The Bertz CT molecular complexity index is 329. The Morgan fingerprint density at radius 3 is 2.50 bits per heavy atom. The fourth-order valence-corrected chi connectivity index (χ4v) is 1.85. The first kappa shape index (κ1) is 15.1. The average Bonchev–Trinajstić information content (AvgIpc) is 2.39. The van der Waals surface area contributed by atoms with E-state index in [2.05, 4.69) is 11.8 Å². The van der Waals surface area contributed by atoms with Gasteiger partial charge in [-0.3, -0.25) is 0 Å². The second kappa shape index (κ2) is 8.19. The van der Waals surface area contributed by atoms with Crippen molar-refractivity contribution in [3.05, 3.63) is 35.6 Å². The van der Waals surface area contributed by atoms with E-state index in [9.17, 15) is 4.39 Å². The lowest BCUT2D eigenvalue weighted by molar-refractivity contribution is 0.149. The summed E-state index contributed by atoms with van der Waals surface area (Å²) in [5, 5.41) is 0. The minimum Gasteiger partial charge on any atom is -0.383 e. The van der Waals surface area contributed by atoms with E-state index in [-0.39, 0.29) is 11.9 Å². The summed E-state index contributed by atoms with van der Waals surface area (Å²) in [7, 11) is 1.71. The van der Waals surface area contributed by atoms with Gasteiger partial charge in [0.25, 0.3) is 0 Å². The zero-order valence-electron chi connectivity index (χ0n) is 11.2. The summed E-state index contributed by atoms with van der Waals surface area (Å²) in [5.41, 5.74) is 7.08. The Morgan fingerprint density at radius 2 is 1.94 bits per heavy atom. The summed E-state index contributed by atoms with van der Waals surface area (Å²) in [5.74, 6) is -0.221. The minimum absolute atomic E-state index is 0.0396. The maximum Gasteiger partial charge on any atom is 0.123 e. The highest BCUT2D eigenvalue weighted by Gasteiger charge is 2.09. The van der Waals surface area contributed by atoms with E-state index in [1.807, 2.05) is 0 Å². The molecular formula is C14H23FN2O. The average molecular weight is 254 g/mol. The molecule has 1 rings (SSSR count). The molecule has 0 heterocycles. The first-order valence-electron chi connectivity index (χ1n) is 6.39. The molecule has 0 aromatic heterocycles. The highest BCUT2D eigenvalue weighted by atomic mass is 19.1. The molecule has 1 unspecified atom stereocenters. The van der Waals surface area contributed by atoms with Gasteiger partial charge in [0, 0.05) is 26.2 Å². The highest BCUT2D eigenvalue weighted by Crippen LogP contribution is 2.14. The molecule has 0 aliphatic rings. The van der Waals surface area contributed by atoms with Crippen LogP contribution in [0.4, 0.5) is 4.39 Å². The van der Waals surface area contributed by atoms with Crippen LogP contribution in [0.15, 0.2) is 24.3 Å². The molecule has 0 fully saturated rings. The van der Waals surface area contributed by atoms with Crippen LogP contribution in [0.3, 0.4) is 0 Å². The van der Waals surface area contributed by atoms with Gasteiger partial charge in [-0.25, -0.2) is 4.39 Å². The van der Waals surface area contributed by atoms with E-state index in [1.54, 1.807) is 19.2 Å². The van der Waals surface area contributed by atoms with Crippen LogP contribution in [0, 0.1) is 5.82 Å². The molecule has 2 N–H and O–H groups in total. The molecule has 0 radical (unpaired) electrons. The lowest BCUT2D eigenvalue weighted by Gasteiger charge is -2.22. The van der Waals surface area contributed by atoms with Gasteiger partial charge < -0.3 is 15.4 Å². The van der Waals surface area contributed by atoms with Crippen LogP contribution in [-0.2, 0) is 4.74 Å². The summed E-state index contributed by atoms with van der Waals surface area (Å²) in [6, 6.07) is 6.38. The van der Waals surface area contributed by atoms with Crippen LogP contribution in [0.25, 0.3) is 0 Å². The number of likely N-dealkylation sites (N-methyl/N-ethyl adjacent to an activating group) is 1. The van der Waals surface area contributed by atoms with Gasteiger partial charge in [0.1, 0.15) is 5.82 Å². The number of hydrogen-bond acceptors (Lipinski definition) is 3. The van der Waals surface area contributed by atoms with Gasteiger partial charge >= 0.3 is 0 Å². The summed E-state index contributed by atoms with van der Waals surface area (Å²) in [4.78, 5) is 2.30. The molecule has 0 saturated heterocycles. The molecule has 18 heavy (non-hydrogen) atoms. The Kier molecular flexibility index (Phi) is 6.86. The lowest BCUT2D eigenvalue weighted by Crippen LogP contribution is -2.30. The van der Waals surface area contributed by atoms with Gasteiger partial charge in [0.2, 0.25) is 0 Å². The SMILES string of the molecule is CCN(CCOC)CCC(N)c1ccc(F)cc1. The topological polar surface area (TPSA) is 38.5 Å². The monoisotopic (exact) mass is 254 g/mol. The molecule has 0 aliphatic heterocycles. The Hall–Kier alpha value is -0.970. The Balaban J connectivity index is 2.39. The molecule has 3 nitrogen and oxygen atoms in total. The zero-order valence-corrected chi connectivity index (χ0v) is 11.2. The number of nitrogens with zero attached hydrogens (tertiary/aromatic N) is 1. The van der Waals surface area contributed by atoms with Crippen LogP contribution in [-0.4, -0.2) is 38.3 Å². The molecular weight excluding hydrogens is 231 g/mol. The Labute approximate surface area is 109 Å². The number of halogens is 1. The molecule has 0 aliphatic carbocycles. The van der Waals surface area contributed by atoms with Crippen molar-refractivity contribution in [3.63, 3.8) is 0 Å². The molecule has 0 bridgehead atoms. The molecule has 0 saturated carbocycles. The van der Waals surface area contributed by atoms with Gasteiger partial charge in [-0.15, -0.1) is 0 Å². The number of methoxy groups -OCH3 is 1. The summed E-state index contributed by atoms with van der Waals surface area (Å²) in [6.45, 7) is 5.69. The van der Waals surface area contributed by atoms with Crippen molar-refractivity contribution in [2.75, 3.05) is 33.4 Å². The quantitative estimate of drug-likeness (QED) is 0.773. The number of hydrogen-bond donors (Lipinski definition) is 1. The van der Waals surface area contributed by atoms with Crippen LogP contribution < -0.4 is 5.73 Å². The van der Waals surface area contributed by atoms with Gasteiger partial charge in [-0.05, 0) is 30.7 Å². The zero-order chi connectivity index (χ0) is 13.4. The fraction of sp³-hybridized carbons (Fsp3) is 0.571. The van der Waals surface area contributed by atoms with E-state index >= 15 is 0 Å². The van der Waals surface area contributed by atoms with Crippen LogP contribution in [0.1, 0.15) is 24.9 Å². The summed E-state index contributed by atoms with van der Waals surface area (Å²) >= 11 is 0. The number of nitrogens with two attached hydrogens (primary N) is 1. The van der Waals surface area contributed by atoms with Crippen molar-refractivity contribution in [2.24, 2.45) is 5.73 Å². The second-order valence-corrected chi connectivity index (χ2v) is 4.37. The van der Waals surface area contributed by atoms with Gasteiger partial charge in [0.15, 0.2) is 0 Å². The maximum atomic E-state index is 12.8. The summed E-state index contributed by atoms with van der Waals surface area (Å²) < 4.78 is 17.9. The van der Waals surface area contributed by atoms with Gasteiger partial charge in [-0.1, -0.05) is 19.1 Å². The van der Waals surface area contributed by atoms with Gasteiger partial charge in [0.05, 0.1) is 6.61 Å². The second-order valence-electron chi connectivity index (χ2n) is 4.37. The van der Waals surface area contributed by atoms with Gasteiger partial charge in [-0.2, -0.15) is 0 Å². The number of ether oxygens (including phenoxy) is 1. The maximum absolute atomic E-state index is 12.8. The minimum atomic E-state index is -0.221. The van der Waals surface area contributed by atoms with Crippen molar-refractivity contribution < 1.29 is 9.13 Å². The standard InChI is InChI=1S/C14H23FN2O/c1-3-17(10-11-18-2)9-8-14(16)12-4-6-13(15)7-5-12/h4-7,14H,3,8-11,16H2,1-2H3. The van der Waals surface area contributed by atoms with Crippen molar-refractivity contribution in [1.29, 1.82) is 0 Å². The molecule has 0 amide bonds. The third-order valence-corrected chi connectivity index (χ3v) is 3.11. The predicted octanol–water partition coefficient (Wildman–Crippen LogP) is 2.18. The third-order valence-electron chi connectivity index (χ3n) is 3.11. The smallest absolute Gasteiger partial charge is 0.123 e. The number of rotatable bonds is 8. The predicted molar refractivity (Wildman–Crippen MR) is 71.9 cm³/mol. The van der Waals surface area contributed by atoms with Crippen LogP contribution in [0.2, 0.25) is 0 Å². The Morgan fingerprint density at radius 1 is 1.28 bits per heavy atom. The van der Waals surface area contributed by atoms with Crippen molar-refractivity contribution in [3.8, 4) is 0 Å². The third kappa shape index (κ3) is 5.12. The highest BCUT2D eigenvalue weighted by molar-refractivity contribution is 5.19. The first-order chi connectivity index (χ1) is 8.67. The largest absolute Gasteiger partial charge is 0.383 e. The van der Waals surface area contributed by atoms with E-state index in [1.165, 1.54) is 12.1 Å². The molecule has 1 aromatic rings. The van der Waals surface area contributed by atoms with Crippen molar-refractivity contribution in [2.45, 2.75) is 19.4 Å². The molecule has 4 heteroatoms. The molecule has 1 aromatic carbocycles. The fourth-order valence-electron chi connectivity index (χ4n) is 1.85. The van der Waals surface area contributed by atoms with Crippen LogP contribution in [0.5, 0.6) is 0 Å². The first-order valence-corrected chi connectivity index (χ1v) is 6.39. The van der Waals surface area contributed by atoms with Crippen LogP contribution >= 0.6 is 0 Å². The van der Waals surface area contributed by atoms with E-state index in [0.29, 0.717) is 0 Å². The molecule has 0 spiro atoms. The van der Waals surface area contributed by atoms with Crippen molar-refractivity contribution in [1.82, 2.24) is 4.90 Å². The van der Waals surface area contributed by atoms with E-state index in [0.717, 1.165) is 38.2 Å². The molecule has 1 atom stereocenters. The van der Waals surface area contributed by atoms with E-state index < -0.39 is 0 Å².